The lowest BCUT2D eigenvalue weighted by Crippen LogP contribution is -2.39. The van der Waals surface area contributed by atoms with Gasteiger partial charge in [0.1, 0.15) is 0 Å². The molecule has 0 fully saturated rings. The summed E-state index contributed by atoms with van der Waals surface area (Å²) in [6.45, 7) is 19.7. The molecule has 2 aliphatic rings. The van der Waals surface area contributed by atoms with Gasteiger partial charge in [-0.3, -0.25) is 0 Å². The molecule has 4 aromatic rings. The molecule has 51 heavy (non-hydrogen) atoms. The predicted octanol–water partition coefficient (Wildman–Crippen LogP) is 14.9. The molecule has 0 aliphatic heterocycles. The Morgan fingerprint density at radius 3 is 1.71 bits per heavy atom. The zero-order valence-corrected chi connectivity index (χ0v) is 34.2. The molecule has 1 heteroatoms. The van der Waals surface area contributed by atoms with Gasteiger partial charge in [-0.2, -0.15) is 0 Å². The van der Waals surface area contributed by atoms with Gasteiger partial charge < -0.3 is 0 Å². The molecule has 0 heterocycles. The van der Waals surface area contributed by atoms with Crippen LogP contribution in [0, 0.1) is 11.8 Å². The highest BCUT2D eigenvalue weighted by molar-refractivity contribution is 6.96. The Morgan fingerprint density at radius 2 is 1.16 bits per heavy atom. The summed E-state index contributed by atoms with van der Waals surface area (Å²) < 4.78 is 0. The first kappa shape index (κ1) is 37.3. The van der Waals surface area contributed by atoms with Crippen LogP contribution in [0.25, 0.3) is 33.5 Å². The first-order valence-electron chi connectivity index (χ1n) is 20.5. The van der Waals surface area contributed by atoms with E-state index in [4.69, 9.17) is 0 Å². The minimum absolute atomic E-state index is 0.436. The lowest BCUT2D eigenvalue weighted by atomic mass is 9.93. The van der Waals surface area contributed by atoms with Crippen molar-refractivity contribution in [1.29, 1.82) is 0 Å². The van der Waals surface area contributed by atoms with Crippen LogP contribution in [-0.2, 0) is 19.3 Å². The van der Waals surface area contributed by atoms with Crippen molar-refractivity contribution < 1.29 is 0 Å². The van der Waals surface area contributed by atoms with E-state index in [1.54, 1.807) is 27.5 Å². The third-order valence-electron chi connectivity index (χ3n) is 12.1. The summed E-state index contributed by atoms with van der Waals surface area (Å²) in [6, 6.07) is 33.5. The van der Waals surface area contributed by atoms with Crippen molar-refractivity contribution in [3.63, 3.8) is 0 Å². The first-order chi connectivity index (χ1) is 24.6. The van der Waals surface area contributed by atoms with Gasteiger partial charge in [-0.05, 0) is 99.6 Å². The third-order valence-corrected chi connectivity index (χ3v) is 16.0. The highest BCUT2D eigenvalue weighted by Gasteiger charge is 2.47. The highest BCUT2D eigenvalue weighted by Crippen LogP contribution is 2.56. The average molecular weight is 693 g/mol. The van der Waals surface area contributed by atoms with Gasteiger partial charge in [0.05, 0.1) is 8.07 Å². The van der Waals surface area contributed by atoms with Crippen LogP contribution in [0.2, 0.25) is 13.1 Å². The predicted molar refractivity (Wildman–Crippen MR) is 228 cm³/mol. The molecule has 0 N–H and O–H groups in total. The second kappa shape index (κ2) is 16.5. The van der Waals surface area contributed by atoms with Crippen molar-refractivity contribution in [2.75, 3.05) is 0 Å². The van der Waals surface area contributed by atoms with Gasteiger partial charge in [0.2, 0.25) is 0 Å². The van der Waals surface area contributed by atoms with Crippen LogP contribution in [0.1, 0.15) is 132 Å². The van der Waals surface area contributed by atoms with Gasteiger partial charge in [0, 0.05) is 5.54 Å². The lowest BCUT2D eigenvalue weighted by molar-refractivity contribution is 0.667. The number of aryl methyl sites for hydroxylation is 2. The Kier molecular flexibility index (Phi) is 12.1. The smallest absolute Gasteiger partial charge is 0.0654 e. The van der Waals surface area contributed by atoms with E-state index in [1.807, 2.05) is 0 Å². The van der Waals surface area contributed by atoms with Crippen LogP contribution in [0.4, 0.5) is 0 Å². The van der Waals surface area contributed by atoms with Gasteiger partial charge in [-0.1, -0.05) is 201 Å². The monoisotopic (exact) mass is 692 g/mol. The number of benzene rings is 4. The Bertz CT molecular complexity index is 1840. The minimum Gasteiger partial charge on any atom is -0.0654 e. The van der Waals surface area contributed by atoms with E-state index >= 15 is 0 Å². The summed E-state index contributed by atoms with van der Waals surface area (Å²) >= 11 is 0. The summed E-state index contributed by atoms with van der Waals surface area (Å²) in [5.41, 5.74) is 18.5. The maximum Gasteiger partial charge on any atom is 0.0931 e. The molecule has 268 valence electrons. The number of rotatable bonds is 16. The summed E-state index contributed by atoms with van der Waals surface area (Å²) in [6.07, 6.45) is 16.6. The topological polar surface area (TPSA) is 0 Å². The van der Waals surface area contributed by atoms with E-state index in [-0.39, 0.29) is 0 Å². The van der Waals surface area contributed by atoms with Crippen LogP contribution in [0.3, 0.4) is 0 Å². The molecule has 0 aromatic heterocycles. The molecule has 0 bridgehead atoms. The van der Waals surface area contributed by atoms with E-state index in [0.29, 0.717) is 17.4 Å². The third kappa shape index (κ3) is 7.85. The van der Waals surface area contributed by atoms with Gasteiger partial charge in [0.25, 0.3) is 0 Å². The molecule has 0 radical (unpaired) electrons. The standard InChI is InChI=1S/C50H64Si/c1-9-11-13-15-19-37-25-29-39(30-26-37)43-23-17-21-41-33-45(35(3)4)49(47(41)43)51(7,8)50-46(36(5)6)34-42-22-18-24-44(48(42)50)40-31-27-38(28-32-40)20-16-14-12-10-2/h17-18,21-33,35-36,49H,9-16,19-20,34H2,1-8H3. The van der Waals surface area contributed by atoms with Gasteiger partial charge in [-0.15, -0.1) is 0 Å². The maximum absolute atomic E-state index is 2.71. The fourth-order valence-corrected chi connectivity index (χ4v) is 14.0. The van der Waals surface area contributed by atoms with Crippen LogP contribution in [-0.4, -0.2) is 8.07 Å². The summed E-state index contributed by atoms with van der Waals surface area (Å²) in [5, 5.41) is 1.73. The van der Waals surface area contributed by atoms with Crippen molar-refractivity contribution in [3.8, 4) is 22.3 Å². The molecule has 2 aliphatic carbocycles. The second-order valence-corrected chi connectivity index (χ2v) is 21.4. The summed E-state index contributed by atoms with van der Waals surface area (Å²) in [5.74, 6) is 1.02. The Balaban J connectivity index is 1.42. The molecule has 0 nitrogen and oxygen atoms in total. The Morgan fingerprint density at radius 1 is 0.608 bits per heavy atom. The Hall–Kier alpha value is -3.42. The largest absolute Gasteiger partial charge is 0.0931 e. The first-order valence-corrected chi connectivity index (χ1v) is 23.6. The maximum atomic E-state index is 2.71. The molecule has 1 unspecified atom stereocenters. The van der Waals surface area contributed by atoms with Crippen molar-refractivity contribution in [1.82, 2.24) is 0 Å². The minimum atomic E-state index is -2.18. The molecule has 0 amide bonds. The van der Waals surface area contributed by atoms with E-state index < -0.39 is 8.07 Å². The number of hydrogen-bond acceptors (Lipinski definition) is 0. The zero-order chi connectivity index (χ0) is 36.1. The van der Waals surface area contributed by atoms with Crippen molar-refractivity contribution in [2.45, 2.75) is 131 Å². The summed E-state index contributed by atoms with van der Waals surface area (Å²) in [4.78, 5) is 0. The molecule has 0 spiro atoms. The Labute approximate surface area is 312 Å². The van der Waals surface area contributed by atoms with Crippen molar-refractivity contribution in [2.24, 2.45) is 11.8 Å². The summed E-state index contributed by atoms with van der Waals surface area (Å²) in [7, 11) is -2.18. The molecule has 0 saturated heterocycles. The van der Waals surface area contributed by atoms with Crippen molar-refractivity contribution in [3.05, 3.63) is 129 Å². The second-order valence-electron chi connectivity index (χ2n) is 16.8. The van der Waals surface area contributed by atoms with Crippen LogP contribution >= 0.6 is 0 Å². The molecule has 6 rings (SSSR count). The van der Waals surface area contributed by atoms with E-state index in [9.17, 15) is 0 Å². The van der Waals surface area contributed by atoms with E-state index in [2.05, 4.69) is 146 Å². The molecule has 0 saturated carbocycles. The number of allylic oxidation sites excluding steroid dienone is 2. The van der Waals surface area contributed by atoms with Gasteiger partial charge in [0.15, 0.2) is 0 Å². The molecular weight excluding hydrogens is 629 g/mol. The number of fused-ring (bicyclic) bond motifs is 2. The quantitative estimate of drug-likeness (QED) is 0.0810. The van der Waals surface area contributed by atoms with Gasteiger partial charge >= 0.3 is 0 Å². The SMILES string of the molecule is CCCCCCc1ccc(-c2cccc3c2C([Si](C)(C)C2C(C(C)C)=Cc4cccc(-c5ccc(CCCCCC)cc5)c42)=C(C(C)C)C3)cc1. The van der Waals surface area contributed by atoms with Crippen LogP contribution in [0.5, 0.6) is 0 Å². The van der Waals surface area contributed by atoms with Gasteiger partial charge in [-0.25, -0.2) is 0 Å². The van der Waals surface area contributed by atoms with Crippen LogP contribution in [0.15, 0.2) is 96.1 Å². The fraction of sp³-hybridized carbons (Fsp3) is 0.440. The fourth-order valence-electron chi connectivity index (χ4n) is 9.31. The molecular formula is C50H64Si. The van der Waals surface area contributed by atoms with Crippen LogP contribution < -0.4 is 0 Å². The number of unbranched alkanes of at least 4 members (excludes halogenated alkanes) is 6. The van der Waals surface area contributed by atoms with E-state index in [0.717, 1.165) is 6.42 Å². The highest BCUT2D eigenvalue weighted by atomic mass is 28.3. The normalized spacial score (nSPS) is 15.6. The average Bonchev–Trinajstić information content (AvgIpc) is 3.74. The molecule has 1 atom stereocenters. The zero-order valence-electron chi connectivity index (χ0n) is 33.2. The van der Waals surface area contributed by atoms with E-state index in [1.165, 1.54) is 109 Å². The number of hydrogen-bond donors (Lipinski definition) is 0. The molecule has 4 aromatic carbocycles. The lowest BCUT2D eigenvalue weighted by Gasteiger charge is -2.39. The van der Waals surface area contributed by atoms with Crippen molar-refractivity contribution >= 4 is 19.3 Å².